The van der Waals surface area contributed by atoms with E-state index in [-0.39, 0.29) is 5.41 Å². The van der Waals surface area contributed by atoms with Crippen LogP contribution in [0.2, 0.25) is 0 Å². The minimum absolute atomic E-state index is 0.196. The van der Waals surface area contributed by atoms with E-state index in [4.69, 9.17) is 5.26 Å². The molecule has 0 aliphatic carbocycles. The summed E-state index contributed by atoms with van der Waals surface area (Å²) in [7, 11) is 0. The number of nitriles is 1. The van der Waals surface area contributed by atoms with E-state index in [0.29, 0.717) is 5.69 Å². The molecule has 3 heteroatoms. The van der Waals surface area contributed by atoms with E-state index >= 15 is 0 Å². The lowest BCUT2D eigenvalue weighted by atomic mass is 9.90. The molecule has 1 heterocycles. The zero-order valence-corrected chi connectivity index (χ0v) is 8.20. The highest BCUT2D eigenvalue weighted by Crippen LogP contribution is 2.18. The predicted octanol–water partition coefficient (Wildman–Crippen LogP) is 1.94. The van der Waals surface area contributed by atoms with Gasteiger partial charge in [0.15, 0.2) is 0 Å². The standard InChI is InChI=1S/C10H13N3/c1-10(2,3)5-8-4-9(6-11)13-7-12-8/h4,7H,5H2,1-3H3. The number of rotatable bonds is 1. The van der Waals surface area contributed by atoms with Crippen LogP contribution in [0.3, 0.4) is 0 Å². The topological polar surface area (TPSA) is 49.6 Å². The summed E-state index contributed by atoms with van der Waals surface area (Å²) in [6, 6.07) is 3.74. The van der Waals surface area contributed by atoms with Gasteiger partial charge in [-0.2, -0.15) is 5.26 Å². The molecule has 0 unspecified atom stereocenters. The molecule has 0 bridgehead atoms. The summed E-state index contributed by atoms with van der Waals surface area (Å²) in [5, 5.41) is 8.62. The zero-order valence-electron chi connectivity index (χ0n) is 8.20. The van der Waals surface area contributed by atoms with Crippen LogP contribution in [0.5, 0.6) is 0 Å². The maximum absolute atomic E-state index is 8.62. The minimum Gasteiger partial charge on any atom is -0.241 e. The molecule has 0 radical (unpaired) electrons. The molecular formula is C10H13N3. The van der Waals surface area contributed by atoms with E-state index in [2.05, 4.69) is 30.7 Å². The van der Waals surface area contributed by atoms with E-state index in [0.717, 1.165) is 12.1 Å². The third kappa shape index (κ3) is 3.20. The normalized spacial score (nSPS) is 10.9. The molecule has 0 aromatic carbocycles. The molecule has 13 heavy (non-hydrogen) atoms. The summed E-state index contributed by atoms with van der Waals surface area (Å²) in [6.45, 7) is 6.42. The van der Waals surface area contributed by atoms with Crippen molar-refractivity contribution in [2.75, 3.05) is 0 Å². The van der Waals surface area contributed by atoms with Crippen molar-refractivity contribution in [2.45, 2.75) is 27.2 Å². The molecule has 0 atom stereocenters. The monoisotopic (exact) mass is 175 g/mol. The van der Waals surface area contributed by atoms with Crippen LogP contribution in [0, 0.1) is 16.7 Å². The van der Waals surface area contributed by atoms with Gasteiger partial charge in [-0.15, -0.1) is 0 Å². The van der Waals surface area contributed by atoms with Gasteiger partial charge >= 0.3 is 0 Å². The Labute approximate surface area is 78.5 Å². The lowest BCUT2D eigenvalue weighted by Gasteiger charge is -2.16. The van der Waals surface area contributed by atoms with Crippen LogP contribution in [0.4, 0.5) is 0 Å². The summed E-state index contributed by atoms with van der Waals surface area (Å²) in [6.07, 6.45) is 2.31. The molecule has 0 fully saturated rings. The minimum atomic E-state index is 0.196. The molecule has 0 amide bonds. The van der Waals surface area contributed by atoms with E-state index in [1.165, 1.54) is 6.33 Å². The van der Waals surface area contributed by atoms with Crippen molar-refractivity contribution in [3.8, 4) is 6.07 Å². The van der Waals surface area contributed by atoms with Gasteiger partial charge in [-0.3, -0.25) is 0 Å². The first kappa shape index (κ1) is 9.66. The molecule has 0 aliphatic heterocycles. The van der Waals surface area contributed by atoms with Gasteiger partial charge in [-0.05, 0) is 17.9 Å². The lowest BCUT2D eigenvalue weighted by molar-refractivity contribution is 0.406. The van der Waals surface area contributed by atoms with Gasteiger partial charge in [0, 0.05) is 5.69 Å². The Bertz CT molecular complexity index is 331. The second-order valence-electron chi connectivity index (χ2n) is 4.24. The molecular weight excluding hydrogens is 162 g/mol. The van der Waals surface area contributed by atoms with E-state index in [1.54, 1.807) is 6.07 Å². The van der Waals surface area contributed by atoms with E-state index < -0.39 is 0 Å². The number of nitrogens with zero attached hydrogens (tertiary/aromatic N) is 3. The molecule has 0 saturated heterocycles. The molecule has 0 N–H and O–H groups in total. The van der Waals surface area contributed by atoms with Gasteiger partial charge in [-0.1, -0.05) is 20.8 Å². The Morgan fingerprint density at radius 3 is 2.62 bits per heavy atom. The maximum atomic E-state index is 8.62. The molecule has 0 saturated carbocycles. The largest absolute Gasteiger partial charge is 0.241 e. The molecule has 68 valence electrons. The molecule has 1 rings (SSSR count). The van der Waals surface area contributed by atoms with E-state index in [9.17, 15) is 0 Å². The second kappa shape index (κ2) is 3.53. The first-order chi connectivity index (χ1) is 6.01. The van der Waals surface area contributed by atoms with E-state index in [1.807, 2.05) is 6.07 Å². The number of hydrogen-bond donors (Lipinski definition) is 0. The quantitative estimate of drug-likeness (QED) is 0.655. The van der Waals surface area contributed by atoms with Crippen molar-refractivity contribution >= 4 is 0 Å². The fourth-order valence-electron chi connectivity index (χ4n) is 1.10. The lowest BCUT2D eigenvalue weighted by Crippen LogP contribution is -2.10. The van der Waals surface area contributed by atoms with Crippen LogP contribution in [0.25, 0.3) is 0 Å². The van der Waals surface area contributed by atoms with Crippen molar-refractivity contribution in [3.63, 3.8) is 0 Å². The Kier molecular flexibility index (Phi) is 2.62. The summed E-state index contributed by atoms with van der Waals surface area (Å²) in [4.78, 5) is 7.93. The van der Waals surface area contributed by atoms with Gasteiger partial charge in [0.2, 0.25) is 0 Å². The van der Waals surface area contributed by atoms with Crippen molar-refractivity contribution in [2.24, 2.45) is 5.41 Å². The van der Waals surface area contributed by atoms with Crippen LogP contribution in [0.1, 0.15) is 32.2 Å². The molecule has 0 aliphatic rings. The van der Waals surface area contributed by atoms with Gasteiger partial charge in [0.1, 0.15) is 18.1 Å². The van der Waals surface area contributed by atoms with Crippen molar-refractivity contribution in [1.82, 2.24) is 9.97 Å². The van der Waals surface area contributed by atoms with Gasteiger partial charge in [0.25, 0.3) is 0 Å². The molecule has 3 nitrogen and oxygen atoms in total. The third-order valence-electron chi connectivity index (χ3n) is 1.55. The molecule has 0 spiro atoms. The predicted molar refractivity (Wildman–Crippen MR) is 49.9 cm³/mol. The summed E-state index contributed by atoms with van der Waals surface area (Å²) in [5.74, 6) is 0. The Morgan fingerprint density at radius 1 is 1.38 bits per heavy atom. The fourth-order valence-corrected chi connectivity index (χ4v) is 1.10. The Morgan fingerprint density at radius 2 is 2.08 bits per heavy atom. The second-order valence-corrected chi connectivity index (χ2v) is 4.24. The van der Waals surface area contributed by atoms with Gasteiger partial charge < -0.3 is 0 Å². The number of aromatic nitrogens is 2. The average molecular weight is 175 g/mol. The smallest absolute Gasteiger partial charge is 0.144 e. The highest BCUT2D eigenvalue weighted by molar-refractivity contribution is 5.21. The van der Waals surface area contributed by atoms with Crippen molar-refractivity contribution in [1.29, 1.82) is 5.26 Å². The van der Waals surface area contributed by atoms with Crippen molar-refractivity contribution < 1.29 is 0 Å². The average Bonchev–Trinajstić information content (AvgIpc) is 2.01. The highest BCUT2D eigenvalue weighted by atomic mass is 14.8. The van der Waals surface area contributed by atoms with Crippen LogP contribution < -0.4 is 0 Å². The van der Waals surface area contributed by atoms with Crippen LogP contribution in [0.15, 0.2) is 12.4 Å². The SMILES string of the molecule is CC(C)(C)Cc1cc(C#N)ncn1. The third-order valence-corrected chi connectivity index (χ3v) is 1.55. The maximum Gasteiger partial charge on any atom is 0.144 e. The molecule has 1 aromatic heterocycles. The summed E-state index contributed by atoms with van der Waals surface area (Å²) in [5.41, 5.74) is 1.56. The van der Waals surface area contributed by atoms with Gasteiger partial charge in [-0.25, -0.2) is 9.97 Å². The van der Waals surface area contributed by atoms with Crippen LogP contribution in [-0.2, 0) is 6.42 Å². The Hall–Kier alpha value is -1.43. The first-order valence-electron chi connectivity index (χ1n) is 4.22. The Balaban J connectivity index is 2.86. The van der Waals surface area contributed by atoms with Crippen LogP contribution in [-0.4, -0.2) is 9.97 Å². The molecule has 1 aromatic rings. The van der Waals surface area contributed by atoms with Crippen LogP contribution >= 0.6 is 0 Å². The summed E-state index contributed by atoms with van der Waals surface area (Å²) < 4.78 is 0. The fraction of sp³-hybridized carbons (Fsp3) is 0.500. The zero-order chi connectivity index (χ0) is 9.90. The van der Waals surface area contributed by atoms with Gasteiger partial charge in [0.05, 0.1) is 0 Å². The first-order valence-corrected chi connectivity index (χ1v) is 4.22. The summed E-state index contributed by atoms with van der Waals surface area (Å²) >= 11 is 0. The van der Waals surface area contributed by atoms with Crippen molar-refractivity contribution in [3.05, 3.63) is 23.8 Å². The number of hydrogen-bond acceptors (Lipinski definition) is 3. The highest BCUT2D eigenvalue weighted by Gasteiger charge is 2.12.